The molecule has 0 radical (unpaired) electrons. The second-order valence-electron chi connectivity index (χ2n) is 28.8. The zero-order valence-electron chi connectivity index (χ0n) is 70.9. The number of H-pyrrole nitrogens is 1. The fourth-order valence-corrected chi connectivity index (χ4v) is 21.7. The summed E-state index contributed by atoms with van der Waals surface area (Å²) < 4.78 is 66.2. The Labute approximate surface area is 772 Å². The summed E-state index contributed by atoms with van der Waals surface area (Å²) in [7, 11) is -3.47. The topological polar surface area (TPSA) is 220 Å². The van der Waals surface area contributed by atoms with E-state index in [0.29, 0.717) is 42.0 Å². The number of benzene rings is 16. The van der Waals surface area contributed by atoms with Crippen LogP contribution in [-0.2, 0) is 13.6 Å². The van der Waals surface area contributed by atoms with E-state index >= 15 is 0 Å². The molecule has 0 aliphatic rings. The Morgan fingerprint density at radius 1 is 0.369 bits per heavy atom. The SMILES string of the molecule is CCOP(OCC)OCC.O=[N+]([O-])c1ccc(F)cc1-c1cccc2c1sc1ccccc12.O=[N+]([O-])c1ccc(F)cc1Br.O=[N+]([O-])c1ccc(N(c2ccccc2)c2ccccc2)cc1-c1cccc2c1sc1ccccc12.OB(O)c1cccc2c1sc1ccccc12.[2H]CF.c1ccc(N(c2ccccc2)c2ccc3[nH]c4ccc5c6ccccc6sc5c4c3c2)cc1. The number of anilines is 6. The van der Waals surface area contributed by atoms with Crippen LogP contribution < -0.4 is 15.3 Å². The van der Waals surface area contributed by atoms with E-state index in [4.69, 9.17) is 14.9 Å². The number of nitro benzene ring substituents is 3. The first kappa shape index (κ1) is 89.9. The van der Waals surface area contributed by atoms with Crippen molar-refractivity contribution in [3.05, 3.63) is 404 Å². The van der Waals surface area contributed by atoms with Crippen molar-refractivity contribution in [3.63, 3.8) is 0 Å². The Hall–Kier alpha value is -13.4. The summed E-state index contributed by atoms with van der Waals surface area (Å²) >= 11 is 9.59. The van der Waals surface area contributed by atoms with E-state index in [-0.39, 0.29) is 26.5 Å². The minimum Gasteiger partial charge on any atom is -0.423 e. The molecule has 0 atom stereocenters. The highest BCUT2D eigenvalue weighted by molar-refractivity contribution is 9.10. The lowest BCUT2D eigenvalue weighted by molar-refractivity contribution is -0.385. The van der Waals surface area contributed by atoms with Crippen molar-refractivity contribution in [2.75, 3.05) is 36.8 Å². The number of aromatic nitrogens is 1. The maximum absolute atomic E-state index is 13.7. The first-order valence-electron chi connectivity index (χ1n) is 41.7. The molecule has 21 rings (SSSR count). The quantitative estimate of drug-likeness (QED) is 0.0315. The predicted molar refractivity (Wildman–Crippen MR) is 540 cm³/mol. The van der Waals surface area contributed by atoms with Crippen molar-refractivity contribution in [2.24, 2.45) is 0 Å². The van der Waals surface area contributed by atoms with Crippen LogP contribution in [0.5, 0.6) is 0 Å². The first-order valence-corrected chi connectivity index (χ1v) is 46.1. The molecule has 27 heteroatoms. The average molecular weight is 1890 g/mol. The van der Waals surface area contributed by atoms with E-state index in [0.717, 1.165) is 104 Å². The molecule has 0 fully saturated rings. The molecule has 0 unspecified atom stereocenters. The normalized spacial score (nSPS) is 11.1. The van der Waals surface area contributed by atoms with Gasteiger partial charge in [0.2, 0.25) is 0 Å². The van der Waals surface area contributed by atoms with Crippen LogP contribution in [0.1, 0.15) is 22.1 Å². The summed E-state index contributed by atoms with van der Waals surface area (Å²) in [4.78, 5) is 40.4. The van der Waals surface area contributed by atoms with Crippen LogP contribution in [0, 0.1) is 42.0 Å². The molecule has 648 valence electrons. The number of nitrogens with zero attached hydrogens (tertiary/aromatic N) is 5. The molecule has 5 heterocycles. The number of fused-ring (bicyclic) bond motifs is 16. The van der Waals surface area contributed by atoms with Crippen LogP contribution in [0.2, 0.25) is 0 Å². The Morgan fingerprint density at radius 2 is 0.708 bits per heavy atom. The van der Waals surface area contributed by atoms with Crippen molar-refractivity contribution in [1.82, 2.24) is 4.98 Å². The highest BCUT2D eigenvalue weighted by atomic mass is 79.9. The highest BCUT2D eigenvalue weighted by Crippen LogP contribution is 2.49. The molecule has 3 N–H and O–H groups in total. The monoisotopic (exact) mass is 1880 g/mol. The van der Waals surface area contributed by atoms with Gasteiger partial charge in [-0.2, -0.15) is 0 Å². The summed E-state index contributed by atoms with van der Waals surface area (Å²) in [6.45, 7) is 7.71. The average Bonchev–Trinajstić information content (AvgIpc) is 1.44. The van der Waals surface area contributed by atoms with Gasteiger partial charge in [0.1, 0.15) is 11.6 Å². The van der Waals surface area contributed by atoms with Crippen molar-refractivity contribution in [1.29, 1.82) is 0 Å². The molecule has 5 aromatic heterocycles. The van der Waals surface area contributed by atoms with Gasteiger partial charge in [-0.15, -0.1) is 45.3 Å². The molecule has 0 amide bonds. The molecule has 21 aromatic rings. The maximum Gasteiger partial charge on any atom is 0.489 e. The number of para-hydroxylation sites is 4. The third-order valence-electron chi connectivity index (χ3n) is 20.9. The molecule has 0 aliphatic carbocycles. The fraction of sp³-hybridized carbons (Fsp3) is 0.0680. The van der Waals surface area contributed by atoms with Crippen LogP contribution >= 0.6 is 69.9 Å². The zero-order valence-corrected chi connectivity index (χ0v) is 75.6. The predicted octanol–water partition coefficient (Wildman–Crippen LogP) is 31.2. The third kappa shape index (κ3) is 20.2. The van der Waals surface area contributed by atoms with Gasteiger partial charge in [0, 0.05) is 161 Å². The second-order valence-corrected chi connectivity index (χ2v) is 35.1. The number of nitro groups is 3. The van der Waals surface area contributed by atoms with E-state index in [9.17, 15) is 53.6 Å². The van der Waals surface area contributed by atoms with Crippen molar-refractivity contribution < 1.29 is 52.9 Å². The van der Waals surface area contributed by atoms with Crippen LogP contribution in [0.15, 0.2) is 362 Å². The number of hydrogen-bond acceptors (Lipinski definition) is 17. The molecular weight excluding hydrogens is 1800 g/mol. The van der Waals surface area contributed by atoms with E-state index in [2.05, 4.69) is 170 Å². The van der Waals surface area contributed by atoms with E-state index in [1.54, 1.807) is 52.2 Å². The number of nitrogens with one attached hydrogen (secondary N) is 1. The largest absolute Gasteiger partial charge is 0.489 e. The van der Waals surface area contributed by atoms with E-state index < -0.39 is 44.4 Å². The van der Waals surface area contributed by atoms with E-state index in [1.807, 2.05) is 196 Å². The van der Waals surface area contributed by atoms with Gasteiger partial charge in [0.05, 0.1) is 58.7 Å². The van der Waals surface area contributed by atoms with Crippen molar-refractivity contribution >= 4 is 236 Å². The Morgan fingerprint density at radius 3 is 1.13 bits per heavy atom. The lowest BCUT2D eigenvalue weighted by atomic mass is 9.80. The number of rotatable bonds is 18. The van der Waals surface area contributed by atoms with E-state index in [1.165, 1.54) is 74.3 Å². The van der Waals surface area contributed by atoms with Gasteiger partial charge < -0.3 is 38.4 Å². The van der Waals surface area contributed by atoms with Gasteiger partial charge in [-0.05, 0) is 181 Å². The molecule has 130 heavy (non-hydrogen) atoms. The van der Waals surface area contributed by atoms with Crippen molar-refractivity contribution in [3.8, 4) is 22.3 Å². The maximum atomic E-state index is 13.7. The zero-order chi connectivity index (χ0) is 91.6. The van der Waals surface area contributed by atoms with Crippen LogP contribution in [0.4, 0.5) is 64.4 Å². The Bertz CT molecular complexity index is 7530. The van der Waals surface area contributed by atoms with Crippen LogP contribution in [0.3, 0.4) is 0 Å². The smallest absolute Gasteiger partial charge is 0.423 e. The Kier molecular flexibility index (Phi) is 29.5. The summed E-state index contributed by atoms with van der Waals surface area (Å²) in [5.74, 6) is -0.980. The van der Waals surface area contributed by atoms with Crippen molar-refractivity contribution in [2.45, 2.75) is 20.8 Å². The standard InChI is InChI=1S/C30H20N2O2S.C30H20N2S.C18H10FNO2S.C12H9BO2S.C6H3BrFNO2.C6H15O3P.CH3F/c33-32(34)28-19-18-23(31(21-10-3-1-4-11-21)22-12-5-2-6-13-22)20-27(28)26-16-9-15-25-24-14-7-8-17-29(24)35-30(25)26;1-3-9-20(10-4-1)32(21-11-5-2-6-12-21)22-15-17-26-25(19-22)29-27(31-26)18-16-24-23-13-7-8-14-28(23)33-30(24)29;19-11-8-9-16(20(21)22)15(10-11)14-6-3-5-13-12-4-1-2-7-17(12)23-18(13)14;14-13(15)10-6-3-5-9-8-4-1-2-7-11(8)16-12(9)10;7-5-3-4(8)1-2-6(5)9(10)11;1-4-7-10(8-5-2)9-6-3;1-2/h1-20H;1-19,31H;1-10H;1-7,14-15H;1-3H;4-6H2,1-3H3;1H3/i;;;;;;1D. The lowest BCUT2D eigenvalue weighted by Crippen LogP contribution is -2.29. The van der Waals surface area contributed by atoms with Crippen LogP contribution in [0.25, 0.3) is 125 Å². The van der Waals surface area contributed by atoms with Gasteiger partial charge in [0.15, 0.2) is 0 Å². The molecule has 16 aromatic carbocycles. The second kappa shape index (κ2) is 42.7. The first-order chi connectivity index (χ1) is 63.9. The lowest BCUT2D eigenvalue weighted by Gasteiger charge is -2.26. The van der Waals surface area contributed by atoms with Gasteiger partial charge >= 0.3 is 15.7 Å². The fourth-order valence-electron chi connectivity index (χ4n) is 15.4. The molecular formula is C103H80BBrF3N6O11PS4. The van der Waals surface area contributed by atoms with Crippen LogP contribution in [-0.4, -0.2) is 63.9 Å². The van der Waals surface area contributed by atoms with Gasteiger partial charge in [0.25, 0.3) is 17.1 Å². The molecule has 0 spiro atoms. The minimum atomic E-state index is -1.41. The molecule has 0 saturated heterocycles. The summed E-state index contributed by atoms with van der Waals surface area (Å²) in [5, 5.41) is 64.1. The third-order valence-corrected chi connectivity index (χ3v) is 27.8. The number of aromatic amines is 1. The molecule has 17 nitrogen and oxygen atoms in total. The molecule has 0 bridgehead atoms. The summed E-state index contributed by atoms with van der Waals surface area (Å²) in [6.07, 6.45) is 0. The van der Waals surface area contributed by atoms with Gasteiger partial charge in [-0.3, -0.25) is 34.7 Å². The Balaban J connectivity index is 0.000000126. The molecule has 0 aliphatic heterocycles. The van der Waals surface area contributed by atoms with Gasteiger partial charge in [-0.1, -0.05) is 206 Å². The minimum absolute atomic E-state index is 0.0867. The number of alkyl halides is 1. The number of thiophene rings is 4. The molecule has 0 saturated carbocycles. The highest BCUT2D eigenvalue weighted by Gasteiger charge is 2.26. The number of hydrogen-bond donors (Lipinski definition) is 3. The summed E-state index contributed by atoms with van der Waals surface area (Å²) in [6, 6.07) is 115. The van der Waals surface area contributed by atoms with Gasteiger partial charge in [-0.25, -0.2) is 8.78 Å². The number of halogens is 4. The summed E-state index contributed by atoms with van der Waals surface area (Å²) in [5.41, 5.74) is 11.6.